The third-order valence-electron chi connectivity index (χ3n) is 3.36. The van der Waals surface area contributed by atoms with Gasteiger partial charge in [-0.05, 0) is 18.2 Å². The molecule has 0 saturated carbocycles. The molecule has 0 atom stereocenters. The topological polar surface area (TPSA) is 111 Å². The van der Waals surface area contributed by atoms with Gasteiger partial charge in [0.15, 0.2) is 21.9 Å². The molecule has 4 rings (SSSR count). The van der Waals surface area contributed by atoms with Crippen molar-refractivity contribution in [3.8, 4) is 5.75 Å². The molecule has 0 unspecified atom stereocenters. The van der Waals surface area contributed by atoms with Gasteiger partial charge in [0.1, 0.15) is 17.8 Å². The lowest BCUT2D eigenvalue weighted by Gasteiger charge is -2.09. The number of benzene rings is 1. The van der Waals surface area contributed by atoms with Gasteiger partial charge in [-0.15, -0.1) is 11.3 Å². The summed E-state index contributed by atoms with van der Waals surface area (Å²) in [5, 5.41) is 9.50. The lowest BCUT2D eigenvalue weighted by atomic mass is 10.3. The van der Waals surface area contributed by atoms with Gasteiger partial charge in [0.25, 0.3) is 0 Å². The van der Waals surface area contributed by atoms with E-state index in [0.29, 0.717) is 27.6 Å². The van der Waals surface area contributed by atoms with Crippen molar-refractivity contribution >= 4 is 60.5 Å². The maximum absolute atomic E-state index is 6.17. The minimum atomic E-state index is 0.398. The largest absolute Gasteiger partial charge is 0.497 e. The Hall–Kier alpha value is -2.98. The molecule has 0 aliphatic rings. The molecular weight excluding hydrogens is 358 g/mol. The van der Waals surface area contributed by atoms with E-state index in [1.165, 1.54) is 29.0 Å². The summed E-state index contributed by atoms with van der Waals surface area (Å²) in [6, 6.07) is 5.73. The quantitative estimate of drug-likeness (QED) is 0.488. The van der Waals surface area contributed by atoms with Crippen molar-refractivity contribution in [2.75, 3.05) is 23.5 Å². The zero-order chi connectivity index (χ0) is 17.2. The Morgan fingerprint density at radius 1 is 1.08 bits per heavy atom. The summed E-state index contributed by atoms with van der Waals surface area (Å²) in [5.41, 5.74) is 7.45. The Bertz CT molecular complexity index is 1020. The first-order valence-electron chi connectivity index (χ1n) is 7.21. The molecule has 126 valence electrons. The summed E-state index contributed by atoms with van der Waals surface area (Å²) >= 11 is 2.95. The van der Waals surface area contributed by atoms with Gasteiger partial charge in [-0.3, -0.25) is 0 Å². The van der Waals surface area contributed by atoms with Gasteiger partial charge in [-0.1, -0.05) is 11.3 Å². The molecule has 25 heavy (non-hydrogen) atoms. The summed E-state index contributed by atoms with van der Waals surface area (Å²) in [7, 11) is 1.64. The standard InChI is InChI=1S/C15H13N7OS2/c1-23-8-2-3-9-10(6-8)25-15(20-9)22-13-11(16)12(18-7-19-13)21-14-17-4-5-24-14/h2-7H,16H2,1H3,(H2,17,18,19,20,21,22). The number of methoxy groups -OCH3 is 1. The number of anilines is 5. The van der Waals surface area contributed by atoms with Gasteiger partial charge in [0.2, 0.25) is 0 Å². The van der Waals surface area contributed by atoms with Crippen LogP contribution in [0.15, 0.2) is 36.1 Å². The van der Waals surface area contributed by atoms with Crippen molar-refractivity contribution in [1.29, 1.82) is 0 Å². The number of thiazole rings is 2. The van der Waals surface area contributed by atoms with Crippen molar-refractivity contribution in [2.24, 2.45) is 0 Å². The van der Waals surface area contributed by atoms with E-state index < -0.39 is 0 Å². The molecule has 0 spiro atoms. The highest BCUT2D eigenvalue weighted by Crippen LogP contribution is 2.33. The molecule has 10 heteroatoms. The van der Waals surface area contributed by atoms with E-state index in [1.807, 2.05) is 23.6 Å². The average molecular weight is 371 g/mol. The Balaban J connectivity index is 1.62. The lowest BCUT2D eigenvalue weighted by Crippen LogP contribution is -2.04. The predicted molar refractivity (Wildman–Crippen MR) is 101 cm³/mol. The van der Waals surface area contributed by atoms with Crippen LogP contribution in [0.1, 0.15) is 0 Å². The fourth-order valence-corrected chi connectivity index (χ4v) is 3.59. The molecule has 0 aliphatic heterocycles. The number of aromatic nitrogens is 4. The first-order chi connectivity index (χ1) is 12.2. The van der Waals surface area contributed by atoms with Crippen molar-refractivity contribution in [2.45, 2.75) is 0 Å². The normalized spacial score (nSPS) is 10.8. The zero-order valence-electron chi connectivity index (χ0n) is 13.1. The second-order valence-corrected chi connectivity index (χ2v) is 6.85. The third-order valence-corrected chi connectivity index (χ3v) is 4.98. The Labute approximate surface area is 150 Å². The fraction of sp³-hybridized carbons (Fsp3) is 0.0667. The second-order valence-electron chi connectivity index (χ2n) is 4.92. The number of nitrogens with zero attached hydrogens (tertiary/aromatic N) is 4. The average Bonchev–Trinajstić information content (AvgIpc) is 3.26. The first-order valence-corrected chi connectivity index (χ1v) is 8.91. The maximum Gasteiger partial charge on any atom is 0.189 e. The van der Waals surface area contributed by atoms with Crippen LogP contribution in [0.5, 0.6) is 5.75 Å². The number of hydrogen-bond donors (Lipinski definition) is 3. The highest BCUT2D eigenvalue weighted by atomic mass is 32.1. The van der Waals surface area contributed by atoms with Crippen LogP contribution >= 0.6 is 22.7 Å². The smallest absolute Gasteiger partial charge is 0.189 e. The minimum Gasteiger partial charge on any atom is -0.497 e. The van der Waals surface area contributed by atoms with E-state index in [0.717, 1.165) is 16.0 Å². The molecule has 1 aromatic carbocycles. The monoisotopic (exact) mass is 371 g/mol. The summed E-state index contributed by atoms with van der Waals surface area (Å²) in [4.78, 5) is 17.1. The SMILES string of the molecule is COc1ccc2nc(Nc3ncnc(Nc4nccs4)c3N)sc2c1. The van der Waals surface area contributed by atoms with Crippen LogP contribution < -0.4 is 21.1 Å². The number of ether oxygens (including phenoxy) is 1. The Morgan fingerprint density at radius 2 is 1.88 bits per heavy atom. The number of rotatable bonds is 5. The molecular formula is C15H13N7OS2. The molecule has 0 radical (unpaired) electrons. The molecule has 0 aliphatic carbocycles. The molecule has 4 N–H and O–H groups in total. The number of nitrogen functional groups attached to an aromatic ring is 1. The molecule has 0 fully saturated rings. The van der Waals surface area contributed by atoms with Gasteiger partial charge < -0.3 is 21.1 Å². The molecule has 0 amide bonds. The van der Waals surface area contributed by atoms with Crippen LogP contribution in [0.3, 0.4) is 0 Å². The number of nitrogens with one attached hydrogen (secondary N) is 2. The third kappa shape index (κ3) is 3.16. The highest BCUT2D eigenvalue weighted by molar-refractivity contribution is 7.22. The molecule has 8 nitrogen and oxygen atoms in total. The van der Waals surface area contributed by atoms with Gasteiger partial charge in [-0.25, -0.2) is 19.9 Å². The van der Waals surface area contributed by atoms with E-state index in [9.17, 15) is 0 Å². The van der Waals surface area contributed by atoms with Crippen LogP contribution in [0.4, 0.5) is 27.6 Å². The first kappa shape index (κ1) is 15.5. The van der Waals surface area contributed by atoms with Crippen molar-refractivity contribution in [3.63, 3.8) is 0 Å². The maximum atomic E-state index is 6.17. The van der Waals surface area contributed by atoms with Crippen molar-refractivity contribution < 1.29 is 4.74 Å². The predicted octanol–water partition coefficient (Wildman–Crippen LogP) is 3.62. The Kier molecular flexibility index (Phi) is 4.04. The zero-order valence-corrected chi connectivity index (χ0v) is 14.7. The van der Waals surface area contributed by atoms with Crippen LogP contribution in [0.2, 0.25) is 0 Å². The fourth-order valence-electron chi connectivity index (χ4n) is 2.17. The summed E-state index contributed by atoms with van der Waals surface area (Å²) in [6.07, 6.45) is 3.14. The van der Waals surface area contributed by atoms with E-state index >= 15 is 0 Å². The van der Waals surface area contributed by atoms with E-state index in [2.05, 4.69) is 30.6 Å². The molecule has 0 bridgehead atoms. The minimum absolute atomic E-state index is 0.398. The van der Waals surface area contributed by atoms with E-state index in [1.54, 1.807) is 13.3 Å². The molecule has 3 heterocycles. The number of fused-ring (bicyclic) bond motifs is 1. The highest BCUT2D eigenvalue weighted by Gasteiger charge is 2.12. The summed E-state index contributed by atoms with van der Waals surface area (Å²) < 4.78 is 6.25. The van der Waals surface area contributed by atoms with Crippen molar-refractivity contribution in [3.05, 3.63) is 36.1 Å². The van der Waals surface area contributed by atoms with Crippen LogP contribution in [0, 0.1) is 0 Å². The number of nitrogens with two attached hydrogens (primary N) is 1. The number of hydrogen-bond acceptors (Lipinski definition) is 10. The molecule has 4 aromatic rings. The van der Waals surface area contributed by atoms with Crippen LogP contribution in [-0.2, 0) is 0 Å². The Morgan fingerprint density at radius 3 is 2.60 bits per heavy atom. The second kappa shape index (κ2) is 6.49. The van der Waals surface area contributed by atoms with Crippen molar-refractivity contribution in [1.82, 2.24) is 19.9 Å². The van der Waals surface area contributed by atoms with E-state index in [-0.39, 0.29) is 0 Å². The van der Waals surface area contributed by atoms with Crippen LogP contribution in [0.25, 0.3) is 10.2 Å². The summed E-state index contributed by atoms with van der Waals surface area (Å²) in [6.45, 7) is 0. The lowest BCUT2D eigenvalue weighted by molar-refractivity contribution is 0.415. The van der Waals surface area contributed by atoms with E-state index in [4.69, 9.17) is 10.5 Å². The van der Waals surface area contributed by atoms with Gasteiger partial charge >= 0.3 is 0 Å². The van der Waals surface area contributed by atoms with Gasteiger partial charge in [-0.2, -0.15) is 0 Å². The molecule has 0 saturated heterocycles. The summed E-state index contributed by atoms with van der Waals surface area (Å²) in [5.74, 6) is 1.77. The van der Waals surface area contributed by atoms with Crippen LogP contribution in [-0.4, -0.2) is 27.0 Å². The molecule has 3 aromatic heterocycles. The van der Waals surface area contributed by atoms with Gasteiger partial charge in [0, 0.05) is 11.6 Å². The van der Waals surface area contributed by atoms with Gasteiger partial charge in [0.05, 0.1) is 17.3 Å².